The van der Waals surface area contributed by atoms with Gasteiger partial charge in [-0.05, 0) is 59.0 Å². The monoisotopic (exact) mass is 615 g/mol. The Morgan fingerprint density at radius 1 is 0.354 bits per heavy atom. The lowest BCUT2D eigenvalue weighted by molar-refractivity contribution is 0.669. The summed E-state index contributed by atoms with van der Waals surface area (Å²) in [5.41, 5.74) is 8.25. The molecule has 48 heavy (non-hydrogen) atoms. The van der Waals surface area contributed by atoms with Gasteiger partial charge in [0.25, 0.3) is 0 Å². The highest BCUT2D eigenvalue weighted by Crippen LogP contribution is 2.39. The summed E-state index contributed by atoms with van der Waals surface area (Å²) in [6.07, 6.45) is 0. The molecule has 3 aromatic heterocycles. The van der Waals surface area contributed by atoms with Gasteiger partial charge in [-0.15, -0.1) is 0 Å². The van der Waals surface area contributed by atoms with Crippen LogP contribution in [0.4, 0.5) is 0 Å². The van der Waals surface area contributed by atoms with Crippen LogP contribution < -0.4 is 0 Å². The second kappa shape index (κ2) is 10.5. The second-order valence-corrected chi connectivity index (χ2v) is 12.0. The van der Waals surface area contributed by atoms with Crippen LogP contribution in [-0.2, 0) is 0 Å². The van der Waals surface area contributed by atoms with Crippen LogP contribution in [0.5, 0.6) is 0 Å². The van der Waals surface area contributed by atoms with Gasteiger partial charge in [-0.1, -0.05) is 109 Å². The summed E-state index contributed by atoms with van der Waals surface area (Å²) >= 11 is 0. The molecule has 0 bridgehead atoms. The minimum atomic E-state index is 0.577. The maximum Gasteiger partial charge on any atom is 0.164 e. The van der Waals surface area contributed by atoms with Crippen molar-refractivity contribution in [2.45, 2.75) is 0 Å². The van der Waals surface area contributed by atoms with Gasteiger partial charge < -0.3 is 8.83 Å². The molecule has 0 saturated carbocycles. The molecule has 0 N–H and O–H groups in total. The summed E-state index contributed by atoms with van der Waals surface area (Å²) in [6.45, 7) is 0. The third-order valence-corrected chi connectivity index (χ3v) is 9.13. The molecule has 10 rings (SSSR count). The van der Waals surface area contributed by atoms with E-state index in [-0.39, 0.29) is 0 Å². The normalized spacial score (nSPS) is 11.8. The number of nitrogens with zero attached hydrogens (tertiary/aromatic N) is 3. The summed E-state index contributed by atoms with van der Waals surface area (Å²) in [4.78, 5) is 15.1. The number of hydrogen-bond donors (Lipinski definition) is 0. The first-order valence-electron chi connectivity index (χ1n) is 15.9. The van der Waals surface area contributed by atoms with Crippen molar-refractivity contribution in [2.24, 2.45) is 0 Å². The minimum Gasteiger partial charge on any atom is -0.456 e. The molecule has 0 saturated heterocycles. The van der Waals surface area contributed by atoms with Crippen molar-refractivity contribution in [3.63, 3.8) is 0 Å². The first-order chi connectivity index (χ1) is 23.8. The fraction of sp³-hybridized carbons (Fsp3) is 0. The molecule has 0 fully saturated rings. The van der Waals surface area contributed by atoms with Gasteiger partial charge in [0.05, 0.1) is 0 Å². The highest BCUT2D eigenvalue weighted by molar-refractivity contribution is 6.15. The van der Waals surface area contributed by atoms with E-state index in [1.165, 1.54) is 0 Å². The van der Waals surface area contributed by atoms with E-state index in [1.807, 2.05) is 78.9 Å². The van der Waals surface area contributed by atoms with Crippen LogP contribution in [0, 0.1) is 0 Å². The zero-order valence-corrected chi connectivity index (χ0v) is 25.6. The first-order valence-corrected chi connectivity index (χ1v) is 15.9. The van der Waals surface area contributed by atoms with Crippen LogP contribution in [0.3, 0.4) is 0 Å². The topological polar surface area (TPSA) is 65.0 Å². The van der Waals surface area contributed by atoms with E-state index in [0.717, 1.165) is 82.5 Å². The molecule has 5 nitrogen and oxygen atoms in total. The average molecular weight is 616 g/mol. The van der Waals surface area contributed by atoms with Crippen molar-refractivity contribution in [3.05, 3.63) is 152 Å². The Hall–Kier alpha value is -6.59. The van der Waals surface area contributed by atoms with E-state index in [1.54, 1.807) is 0 Å². The quantitative estimate of drug-likeness (QED) is 0.197. The van der Waals surface area contributed by atoms with Crippen molar-refractivity contribution in [3.8, 4) is 45.3 Å². The van der Waals surface area contributed by atoms with E-state index in [4.69, 9.17) is 23.8 Å². The summed E-state index contributed by atoms with van der Waals surface area (Å²) in [5, 5.41) is 6.48. The lowest BCUT2D eigenvalue weighted by atomic mass is 9.99. The number of fused-ring (bicyclic) bond motifs is 8. The van der Waals surface area contributed by atoms with Crippen LogP contribution in [-0.4, -0.2) is 15.0 Å². The smallest absolute Gasteiger partial charge is 0.164 e. The fourth-order valence-corrected chi connectivity index (χ4v) is 6.82. The van der Waals surface area contributed by atoms with Crippen LogP contribution in [0.15, 0.2) is 160 Å². The summed E-state index contributed by atoms with van der Waals surface area (Å²) in [6, 6.07) is 51.6. The number of hydrogen-bond acceptors (Lipinski definition) is 5. The average Bonchev–Trinajstić information content (AvgIpc) is 3.73. The Morgan fingerprint density at radius 3 is 1.83 bits per heavy atom. The Morgan fingerprint density at radius 2 is 1.02 bits per heavy atom. The van der Waals surface area contributed by atoms with Gasteiger partial charge in [-0.3, -0.25) is 0 Å². The van der Waals surface area contributed by atoms with E-state index in [2.05, 4.69) is 72.8 Å². The zero-order valence-electron chi connectivity index (χ0n) is 25.6. The van der Waals surface area contributed by atoms with E-state index in [0.29, 0.717) is 17.5 Å². The predicted octanol–water partition coefficient (Wildman–Crippen LogP) is 11.5. The van der Waals surface area contributed by atoms with Crippen molar-refractivity contribution < 1.29 is 8.83 Å². The fourth-order valence-electron chi connectivity index (χ4n) is 6.82. The van der Waals surface area contributed by atoms with Gasteiger partial charge in [0, 0.05) is 43.6 Å². The first kappa shape index (κ1) is 26.6. The van der Waals surface area contributed by atoms with Gasteiger partial charge in [-0.2, -0.15) is 0 Å². The van der Waals surface area contributed by atoms with Gasteiger partial charge in [0.1, 0.15) is 22.3 Å². The molecule has 0 aliphatic heterocycles. The second-order valence-electron chi connectivity index (χ2n) is 12.0. The van der Waals surface area contributed by atoms with Crippen molar-refractivity contribution in [2.75, 3.05) is 0 Å². The SMILES string of the molecule is c1ccc(-c2nc(-c3ccc4c(c3)oc3c5ccccc5ccc43)nc(-c3ccc4oc5cccc(-c6ccccc6)c5c4c3)n2)cc1. The molecule has 3 heterocycles. The molecule has 5 heteroatoms. The van der Waals surface area contributed by atoms with Gasteiger partial charge >= 0.3 is 0 Å². The Balaban J connectivity index is 1.17. The molecule has 0 unspecified atom stereocenters. The highest BCUT2D eigenvalue weighted by atomic mass is 16.3. The van der Waals surface area contributed by atoms with Crippen LogP contribution in [0.2, 0.25) is 0 Å². The molecule has 224 valence electrons. The predicted molar refractivity (Wildman–Crippen MR) is 194 cm³/mol. The van der Waals surface area contributed by atoms with Gasteiger partial charge in [-0.25, -0.2) is 15.0 Å². The lowest BCUT2D eigenvalue weighted by Crippen LogP contribution is -2.00. The number of furan rings is 2. The van der Waals surface area contributed by atoms with E-state index >= 15 is 0 Å². The number of benzene rings is 7. The third kappa shape index (κ3) is 4.22. The van der Waals surface area contributed by atoms with Crippen molar-refractivity contribution in [1.82, 2.24) is 15.0 Å². The van der Waals surface area contributed by atoms with Crippen molar-refractivity contribution >= 4 is 54.6 Å². The Labute approximate surface area is 274 Å². The lowest BCUT2D eigenvalue weighted by Gasteiger charge is -2.09. The van der Waals surface area contributed by atoms with E-state index in [9.17, 15) is 0 Å². The molecule has 7 aromatic carbocycles. The molecule has 0 radical (unpaired) electrons. The molecule has 0 atom stereocenters. The van der Waals surface area contributed by atoms with Gasteiger partial charge in [0.15, 0.2) is 17.5 Å². The third-order valence-electron chi connectivity index (χ3n) is 9.13. The number of rotatable bonds is 4. The summed E-state index contributed by atoms with van der Waals surface area (Å²) in [7, 11) is 0. The highest BCUT2D eigenvalue weighted by Gasteiger charge is 2.18. The molecule has 0 amide bonds. The molecule has 0 aliphatic rings. The Kier molecular flexibility index (Phi) is 5.81. The molecule has 10 aromatic rings. The Bertz CT molecular complexity index is 2840. The number of aromatic nitrogens is 3. The zero-order chi connectivity index (χ0) is 31.6. The van der Waals surface area contributed by atoms with Crippen LogP contribution in [0.25, 0.3) is 99.9 Å². The van der Waals surface area contributed by atoms with Crippen LogP contribution >= 0.6 is 0 Å². The molecule has 0 spiro atoms. The van der Waals surface area contributed by atoms with Crippen molar-refractivity contribution in [1.29, 1.82) is 0 Å². The summed E-state index contributed by atoms with van der Waals surface area (Å²) < 4.78 is 12.8. The largest absolute Gasteiger partial charge is 0.456 e. The van der Waals surface area contributed by atoms with E-state index < -0.39 is 0 Å². The standard InChI is InChI=1S/C43H25N3O2/c1-3-10-26(11-4-1)31-16-9-17-37-39(31)35-24-29(20-23-36(35)47-37)42-44-41(28-13-5-2-6-14-28)45-43(46-42)30-19-21-33-34-22-18-27-12-7-8-15-32(27)40(34)48-38(33)25-30/h1-25H. The molecular weight excluding hydrogens is 590 g/mol. The van der Waals surface area contributed by atoms with Gasteiger partial charge in [0.2, 0.25) is 0 Å². The molecular formula is C43H25N3O2. The maximum absolute atomic E-state index is 6.50. The minimum absolute atomic E-state index is 0.577. The maximum atomic E-state index is 6.50. The van der Waals surface area contributed by atoms with Crippen LogP contribution in [0.1, 0.15) is 0 Å². The molecule has 0 aliphatic carbocycles. The summed E-state index contributed by atoms with van der Waals surface area (Å²) in [5.74, 6) is 1.77.